The highest BCUT2D eigenvalue weighted by molar-refractivity contribution is 5.94. The molecule has 3 atom stereocenters. The van der Waals surface area contributed by atoms with Gasteiger partial charge in [0.05, 0.1) is 0 Å². The molecule has 3 N–H and O–H groups in total. The van der Waals surface area contributed by atoms with E-state index >= 15 is 0 Å². The van der Waals surface area contributed by atoms with Crippen LogP contribution in [-0.2, 0) is 4.79 Å². The molecule has 1 aromatic heterocycles. The van der Waals surface area contributed by atoms with Gasteiger partial charge in [-0.2, -0.15) is 4.98 Å². The van der Waals surface area contributed by atoms with E-state index in [0.29, 0.717) is 23.4 Å². The number of hydrogen-bond acceptors (Lipinski definition) is 6. The molecule has 3 heterocycles. The predicted octanol–water partition coefficient (Wildman–Crippen LogP) is 2.05. The fourth-order valence-electron chi connectivity index (χ4n) is 3.54. The molecule has 4 rings (SSSR count). The zero-order chi connectivity index (χ0) is 18.1. The van der Waals surface area contributed by atoms with E-state index in [4.69, 9.17) is 9.15 Å². The third kappa shape index (κ3) is 3.55. The van der Waals surface area contributed by atoms with Crippen LogP contribution in [0.3, 0.4) is 0 Å². The summed E-state index contributed by atoms with van der Waals surface area (Å²) in [6, 6.07) is 8.01. The number of ether oxygens (including phenoxy) is 1. The van der Waals surface area contributed by atoms with Crippen LogP contribution in [0, 0.1) is 0 Å². The van der Waals surface area contributed by atoms with Crippen LogP contribution in [0.15, 0.2) is 34.9 Å². The minimum Gasteiger partial charge on any atom is -0.425 e. The highest BCUT2D eigenvalue weighted by Gasteiger charge is 2.39. The van der Waals surface area contributed by atoms with Crippen LogP contribution < -0.4 is 20.7 Å². The molecule has 0 radical (unpaired) electrons. The molecule has 136 valence electrons. The number of aromatic nitrogens is 1. The van der Waals surface area contributed by atoms with Crippen molar-refractivity contribution in [2.24, 2.45) is 0 Å². The number of nitrogens with one attached hydrogen (secondary N) is 3. The Morgan fingerprint density at radius 2 is 2.08 bits per heavy atom. The van der Waals surface area contributed by atoms with E-state index in [1.54, 1.807) is 24.3 Å². The number of carbonyl (C=O) groups excluding carboxylic acids is 2. The number of fused-ring (bicyclic) bond motifs is 2. The van der Waals surface area contributed by atoms with Gasteiger partial charge >= 0.3 is 12.0 Å². The summed E-state index contributed by atoms with van der Waals surface area (Å²) in [7, 11) is 0. The number of nitrogens with zero attached hydrogens (tertiary/aromatic N) is 1. The van der Waals surface area contributed by atoms with Crippen LogP contribution in [-0.4, -0.2) is 34.9 Å². The second-order valence-electron chi connectivity index (χ2n) is 6.66. The molecule has 0 unspecified atom stereocenters. The first-order valence-electron chi connectivity index (χ1n) is 8.65. The molecule has 1 aromatic carbocycles. The molecule has 2 fully saturated rings. The van der Waals surface area contributed by atoms with Gasteiger partial charge in [0.1, 0.15) is 11.9 Å². The molecular formula is C18H20N4O4. The minimum atomic E-state index is -0.278. The minimum absolute atomic E-state index is 0.0722. The summed E-state index contributed by atoms with van der Waals surface area (Å²) in [4.78, 5) is 27.2. The SMILES string of the molecule is CC(=O)Nc1ncc(Oc2ccc(C(=O)N[C@@H]3C[C@H]4CC[C@@H]3N4)cc2)o1. The van der Waals surface area contributed by atoms with E-state index in [-0.39, 0.29) is 29.8 Å². The summed E-state index contributed by atoms with van der Waals surface area (Å²) < 4.78 is 10.8. The third-order valence-electron chi connectivity index (χ3n) is 4.72. The van der Waals surface area contributed by atoms with Gasteiger partial charge in [0.2, 0.25) is 5.91 Å². The van der Waals surface area contributed by atoms with Crippen molar-refractivity contribution < 1.29 is 18.7 Å². The van der Waals surface area contributed by atoms with Gasteiger partial charge in [-0.15, -0.1) is 0 Å². The van der Waals surface area contributed by atoms with Crippen LogP contribution in [0.25, 0.3) is 0 Å². The van der Waals surface area contributed by atoms with Gasteiger partial charge < -0.3 is 19.8 Å². The van der Waals surface area contributed by atoms with Crippen LogP contribution in [0.5, 0.6) is 11.7 Å². The maximum atomic E-state index is 12.4. The number of benzene rings is 1. The fourth-order valence-corrected chi connectivity index (χ4v) is 3.54. The van der Waals surface area contributed by atoms with Crippen LogP contribution in [0.2, 0.25) is 0 Å². The summed E-state index contributed by atoms with van der Waals surface area (Å²) >= 11 is 0. The zero-order valence-electron chi connectivity index (χ0n) is 14.3. The molecule has 8 heteroatoms. The molecule has 2 saturated heterocycles. The standard InChI is InChI=1S/C18H20N4O4/c1-10(23)20-18-19-9-16(26-18)25-13-5-2-11(3-6-13)17(24)22-15-8-12-4-7-14(15)21-12/h2-3,5-6,9,12,14-15,21H,4,7-8H2,1H3,(H,22,24)(H,19,20,23)/t12-,14+,15-/m1/s1. The van der Waals surface area contributed by atoms with Gasteiger partial charge in [0, 0.05) is 30.6 Å². The summed E-state index contributed by atoms with van der Waals surface area (Å²) in [5.41, 5.74) is 0.580. The number of carbonyl (C=O) groups is 2. The van der Waals surface area contributed by atoms with E-state index in [2.05, 4.69) is 20.9 Å². The maximum Gasteiger partial charge on any atom is 0.312 e. The van der Waals surface area contributed by atoms with Gasteiger partial charge in [0.15, 0.2) is 0 Å². The first kappa shape index (κ1) is 16.6. The van der Waals surface area contributed by atoms with Gasteiger partial charge in [-0.3, -0.25) is 14.9 Å². The maximum absolute atomic E-state index is 12.4. The summed E-state index contributed by atoms with van der Waals surface area (Å²) in [6.07, 6.45) is 4.70. The number of rotatable bonds is 5. The van der Waals surface area contributed by atoms with Crippen LogP contribution >= 0.6 is 0 Å². The van der Waals surface area contributed by atoms with Crippen molar-refractivity contribution in [3.05, 3.63) is 36.0 Å². The van der Waals surface area contributed by atoms with Crippen LogP contribution in [0.4, 0.5) is 6.01 Å². The first-order chi connectivity index (χ1) is 12.6. The van der Waals surface area contributed by atoms with Crippen molar-refractivity contribution >= 4 is 17.8 Å². The molecule has 2 aliphatic heterocycles. The second kappa shape index (κ2) is 6.80. The Bertz CT molecular complexity index is 817. The van der Waals surface area contributed by atoms with Crippen molar-refractivity contribution in [2.75, 3.05) is 5.32 Å². The first-order valence-corrected chi connectivity index (χ1v) is 8.65. The number of oxazole rings is 1. The van der Waals surface area contributed by atoms with Gasteiger partial charge in [-0.1, -0.05) is 0 Å². The van der Waals surface area contributed by atoms with Crippen molar-refractivity contribution in [2.45, 2.75) is 44.3 Å². The van der Waals surface area contributed by atoms with E-state index in [0.717, 1.165) is 12.8 Å². The number of amides is 2. The summed E-state index contributed by atoms with van der Waals surface area (Å²) in [6.45, 7) is 1.36. The summed E-state index contributed by atoms with van der Waals surface area (Å²) in [5, 5.41) is 9.04. The van der Waals surface area contributed by atoms with E-state index in [1.165, 1.54) is 19.5 Å². The zero-order valence-corrected chi connectivity index (χ0v) is 14.3. The van der Waals surface area contributed by atoms with Crippen molar-refractivity contribution in [3.8, 4) is 11.7 Å². The monoisotopic (exact) mass is 356 g/mol. The van der Waals surface area contributed by atoms with E-state index in [1.807, 2.05) is 0 Å². The molecule has 2 bridgehead atoms. The molecule has 26 heavy (non-hydrogen) atoms. The molecule has 8 nitrogen and oxygen atoms in total. The molecule has 2 amide bonds. The lowest BCUT2D eigenvalue weighted by Crippen LogP contribution is -2.42. The van der Waals surface area contributed by atoms with Crippen LogP contribution in [0.1, 0.15) is 36.5 Å². The smallest absolute Gasteiger partial charge is 0.312 e. The average Bonchev–Trinajstić information content (AvgIpc) is 3.32. The van der Waals surface area contributed by atoms with Gasteiger partial charge in [-0.05, 0) is 43.5 Å². The lowest BCUT2D eigenvalue weighted by molar-refractivity contribution is -0.114. The number of hydrogen-bond donors (Lipinski definition) is 3. The van der Waals surface area contributed by atoms with E-state index in [9.17, 15) is 9.59 Å². The fraction of sp³-hybridized carbons (Fsp3) is 0.389. The lowest BCUT2D eigenvalue weighted by atomic mass is 9.95. The average molecular weight is 356 g/mol. The predicted molar refractivity (Wildman–Crippen MR) is 93.1 cm³/mol. The normalized spacial score (nSPS) is 23.7. The Balaban J connectivity index is 1.35. The Hall–Kier alpha value is -2.87. The van der Waals surface area contributed by atoms with Gasteiger partial charge in [-0.25, -0.2) is 0 Å². The van der Waals surface area contributed by atoms with Gasteiger partial charge in [0.25, 0.3) is 5.91 Å². The third-order valence-corrected chi connectivity index (χ3v) is 4.72. The second-order valence-corrected chi connectivity index (χ2v) is 6.66. The van der Waals surface area contributed by atoms with Crippen molar-refractivity contribution in [3.63, 3.8) is 0 Å². The molecule has 0 spiro atoms. The molecular weight excluding hydrogens is 336 g/mol. The highest BCUT2D eigenvalue weighted by atomic mass is 16.6. The molecule has 0 aliphatic carbocycles. The Morgan fingerprint density at radius 3 is 2.73 bits per heavy atom. The van der Waals surface area contributed by atoms with Crippen molar-refractivity contribution in [1.29, 1.82) is 0 Å². The lowest BCUT2D eigenvalue weighted by Gasteiger charge is -2.21. The van der Waals surface area contributed by atoms with E-state index < -0.39 is 0 Å². The molecule has 2 aromatic rings. The number of anilines is 1. The Kier molecular flexibility index (Phi) is 4.34. The molecule has 0 saturated carbocycles. The topological polar surface area (TPSA) is 105 Å². The Morgan fingerprint density at radius 1 is 1.27 bits per heavy atom. The van der Waals surface area contributed by atoms with Crippen molar-refractivity contribution in [1.82, 2.24) is 15.6 Å². The Labute approximate surface area is 150 Å². The molecule has 2 aliphatic rings. The quantitative estimate of drug-likeness (QED) is 0.757. The summed E-state index contributed by atoms with van der Waals surface area (Å²) in [5.74, 6) is 0.302. The highest BCUT2D eigenvalue weighted by Crippen LogP contribution is 2.28. The largest absolute Gasteiger partial charge is 0.425 e.